The zero-order chi connectivity index (χ0) is 14.9. The van der Waals surface area contributed by atoms with Crippen LogP contribution in [0.1, 0.15) is 27.8 Å². The van der Waals surface area contributed by atoms with E-state index in [9.17, 15) is 18.0 Å². The van der Waals surface area contributed by atoms with Crippen LogP contribution in [-0.4, -0.2) is 33.0 Å². The fraction of sp³-hybridized carbons (Fsp3) is 0.364. The highest BCUT2D eigenvalue weighted by Gasteiger charge is 2.33. The molecule has 0 fully saturated rings. The largest absolute Gasteiger partial charge is 0.431 e. The summed E-state index contributed by atoms with van der Waals surface area (Å²) in [5.41, 5.74) is -1.05. The molecule has 2 rings (SSSR count). The molecule has 0 unspecified atom stereocenters. The van der Waals surface area contributed by atoms with Crippen molar-refractivity contribution in [3.05, 3.63) is 35.2 Å². The third-order valence-corrected chi connectivity index (χ3v) is 2.53. The summed E-state index contributed by atoms with van der Waals surface area (Å²) in [5.74, 6) is 0.0611. The van der Waals surface area contributed by atoms with Crippen LogP contribution in [0.5, 0.6) is 0 Å². The molecule has 0 aliphatic heterocycles. The second-order valence-corrected chi connectivity index (χ2v) is 4.19. The molecule has 0 spiro atoms. The highest BCUT2D eigenvalue weighted by Crippen LogP contribution is 2.28. The number of alkyl halides is 3. The first-order valence-electron chi connectivity index (χ1n) is 5.57. The number of aromatic nitrogens is 3. The van der Waals surface area contributed by atoms with Crippen LogP contribution >= 0.6 is 0 Å². The third-order valence-electron chi connectivity index (χ3n) is 2.53. The maximum atomic E-state index is 12.4. The number of hydrogen-bond acceptors (Lipinski definition) is 4. The fourth-order valence-corrected chi connectivity index (χ4v) is 1.59. The Balaban J connectivity index is 2.09. The molecule has 0 saturated heterocycles. The molecule has 2 heterocycles. The number of amides is 1. The normalized spacial score (nSPS) is 11.7. The molecule has 0 aliphatic carbocycles. The Kier molecular flexibility index (Phi) is 3.51. The number of rotatable bonds is 3. The number of halogens is 3. The molecular weight excluding hydrogens is 277 g/mol. The van der Waals surface area contributed by atoms with Crippen molar-refractivity contribution in [2.75, 3.05) is 7.05 Å². The van der Waals surface area contributed by atoms with Gasteiger partial charge in [-0.15, -0.1) is 0 Å². The lowest BCUT2D eigenvalue weighted by molar-refractivity contribution is -0.140. The van der Waals surface area contributed by atoms with E-state index in [0.717, 1.165) is 12.3 Å². The Morgan fingerprint density at radius 2 is 2.20 bits per heavy atom. The van der Waals surface area contributed by atoms with E-state index in [4.69, 9.17) is 4.52 Å². The third kappa shape index (κ3) is 2.98. The van der Waals surface area contributed by atoms with Crippen molar-refractivity contribution < 1.29 is 22.5 Å². The molecule has 2 aromatic rings. The van der Waals surface area contributed by atoms with E-state index >= 15 is 0 Å². The summed E-state index contributed by atoms with van der Waals surface area (Å²) in [7, 11) is 1.44. The minimum absolute atomic E-state index is 0.0443. The molecule has 1 amide bonds. The number of H-pyrrole nitrogens is 1. The molecule has 1 N–H and O–H groups in total. The summed E-state index contributed by atoms with van der Waals surface area (Å²) < 4.78 is 42.0. The molecule has 0 aromatic carbocycles. The quantitative estimate of drug-likeness (QED) is 0.937. The van der Waals surface area contributed by atoms with Crippen molar-refractivity contribution in [3.8, 4) is 0 Å². The van der Waals surface area contributed by atoms with Crippen molar-refractivity contribution >= 4 is 5.91 Å². The number of aromatic amines is 1. The van der Waals surface area contributed by atoms with Crippen molar-refractivity contribution in [1.82, 2.24) is 20.0 Å². The minimum atomic E-state index is -4.51. The SMILES string of the molecule is Cc1nc(CN(C)C(=O)c2c[nH]c(C(F)(F)F)c2)no1. The number of hydrogen-bond donors (Lipinski definition) is 1. The molecule has 0 radical (unpaired) electrons. The van der Waals surface area contributed by atoms with E-state index in [1.54, 1.807) is 6.92 Å². The molecule has 0 saturated carbocycles. The predicted molar refractivity (Wildman–Crippen MR) is 60.6 cm³/mol. The van der Waals surface area contributed by atoms with Gasteiger partial charge in [0.2, 0.25) is 5.89 Å². The second-order valence-electron chi connectivity index (χ2n) is 4.19. The first-order chi connectivity index (χ1) is 9.27. The Morgan fingerprint density at radius 3 is 2.70 bits per heavy atom. The summed E-state index contributed by atoms with van der Waals surface area (Å²) in [4.78, 5) is 19.1. The summed E-state index contributed by atoms with van der Waals surface area (Å²) in [5, 5.41) is 3.61. The predicted octanol–water partition coefficient (Wildman–Crippen LogP) is 2.00. The Morgan fingerprint density at radius 1 is 1.50 bits per heavy atom. The van der Waals surface area contributed by atoms with Gasteiger partial charge in [0, 0.05) is 20.2 Å². The van der Waals surface area contributed by atoms with E-state index < -0.39 is 17.8 Å². The maximum absolute atomic E-state index is 12.4. The lowest BCUT2D eigenvalue weighted by atomic mass is 10.2. The summed E-state index contributed by atoms with van der Waals surface area (Å²) in [6.07, 6.45) is -3.50. The molecule has 20 heavy (non-hydrogen) atoms. The van der Waals surface area contributed by atoms with Crippen molar-refractivity contribution in [3.63, 3.8) is 0 Å². The van der Waals surface area contributed by atoms with Gasteiger partial charge in [-0.1, -0.05) is 5.16 Å². The van der Waals surface area contributed by atoms with E-state index in [0.29, 0.717) is 5.89 Å². The minimum Gasteiger partial charge on any atom is -0.357 e. The molecule has 9 heteroatoms. The maximum Gasteiger partial charge on any atom is 0.431 e. The smallest absolute Gasteiger partial charge is 0.357 e. The van der Waals surface area contributed by atoms with Crippen LogP contribution in [0.25, 0.3) is 0 Å². The lowest BCUT2D eigenvalue weighted by Gasteiger charge is -2.13. The van der Waals surface area contributed by atoms with Gasteiger partial charge < -0.3 is 14.4 Å². The summed E-state index contributed by atoms with van der Waals surface area (Å²) in [6.45, 7) is 1.64. The van der Waals surface area contributed by atoms with Gasteiger partial charge in [0.1, 0.15) is 5.69 Å². The van der Waals surface area contributed by atoms with Crippen LogP contribution in [0.15, 0.2) is 16.8 Å². The monoisotopic (exact) mass is 288 g/mol. The van der Waals surface area contributed by atoms with E-state index in [1.807, 2.05) is 4.98 Å². The average molecular weight is 288 g/mol. The Bertz CT molecular complexity index is 617. The van der Waals surface area contributed by atoms with Gasteiger partial charge in [0.15, 0.2) is 5.82 Å². The van der Waals surface area contributed by atoms with Gasteiger partial charge in [-0.25, -0.2) is 0 Å². The van der Waals surface area contributed by atoms with Crippen LogP contribution < -0.4 is 0 Å². The van der Waals surface area contributed by atoms with Crippen LogP contribution in [-0.2, 0) is 12.7 Å². The van der Waals surface area contributed by atoms with Crippen LogP contribution in [0.2, 0.25) is 0 Å². The van der Waals surface area contributed by atoms with E-state index in [-0.39, 0.29) is 17.9 Å². The molecule has 0 bridgehead atoms. The first kappa shape index (κ1) is 14.1. The van der Waals surface area contributed by atoms with Gasteiger partial charge in [0.25, 0.3) is 5.91 Å². The zero-order valence-electron chi connectivity index (χ0n) is 10.7. The van der Waals surface area contributed by atoms with E-state index in [2.05, 4.69) is 10.1 Å². The number of carbonyl (C=O) groups is 1. The molecule has 2 aromatic heterocycles. The first-order valence-corrected chi connectivity index (χ1v) is 5.57. The van der Waals surface area contributed by atoms with Gasteiger partial charge in [-0.2, -0.15) is 18.2 Å². The zero-order valence-corrected chi connectivity index (χ0v) is 10.7. The van der Waals surface area contributed by atoms with Crippen LogP contribution in [0.4, 0.5) is 13.2 Å². The number of aryl methyl sites for hydroxylation is 1. The van der Waals surface area contributed by atoms with Crippen LogP contribution in [0, 0.1) is 6.92 Å². The van der Waals surface area contributed by atoms with Gasteiger partial charge >= 0.3 is 6.18 Å². The second kappa shape index (κ2) is 4.99. The summed E-state index contributed by atoms with van der Waals surface area (Å²) >= 11 is 0. The number of nitrogens with zero attached hydrogens (tertiary/aromatic N) is 3. The highest BCUT2D eigenvalue weighted by atomic mass is 19.4. The van der Waals surface area contributed by atoms with E-state index in [1.165, 1.54) is 11.9 Å². The Labute approximate surface area is 111 Å². The molecule has 0 aliphatic rings. The van der Waals surface area contributed by atoms with Gasteiger partial charge in [0.05, 0.1) is 12.1 Å². The van der Waals surface area contributed by atoms with Crippen molar-refractivity contribution in [1.29, 1.82) is 0 Å². The lowest BCUT2D eigenvalue weighted by Crippen LogP contribution is -2.26. The Hall–Kier alpha value is -2.32. The topological polar surface area (TPSA) is 75.0 Å². The van der Waals surface area contributed by atoms with Crippen LogP contribution in [0.3, 0.4) is 0 Å². The molecule has 108 valence electrons. The van der Waals surface area contributed by atoms with Crippen molar-refractivity contribution in [2.45, 2.75) is 19.6 Å². The molecule has 6 nitrogen and oxygen atoms in total. The summed E-state index contributed by atoms with van der Waals surface area (Å²) in [6, 6.07) is 0.764. The van der Waals surface area contributed by atoms with Crippen molar-refractivity contribution in [2.24, 2.45) is 0 Å². The molecular formula is C11H11F3N4O2. The standard InChI is InChI=1S/C11H11F3N4O2/c1-6-16-9(17-20-6)5-18(2)10(19)7-3-8(15-4-7)11(12,13)14/h3-4,15H,5H2,1-2H3. The number of nitrogens with one attached hydrogen (secondary N) is 1. The van der Waals surface area contributed by atoms with Gasteiger partial charge in [-0.05, 0) is 6.07 Å². The number of carbonyl (C=O) groups excluding carboxylic acids is 1. The van der Waals surface area contributed by atoms with Gasteiger partial charge in [-0.3, -0.25) is 4.79 Å². The molecule has 0 atom stereocenters. The highest BCUT2D eigenvalue weighted by molar-refractivity contribution is 5.94. The average Bonchev–Trinajstić information content (AvgIpc) is 2.96. The fourth-order valence-electron chi connectivity index (χ4n) is 1.59.